The fraction of sp³-hybridized carbons (Fsp3) is 0.515. The summed E-state index contributed by atoms with van der Waals surface area (Å²) in [5.74, 6) is 0.637. The Bertz CT molecular complexity index is 1260. The topological polar surface area (TPSA) is 70.4 Å². The summed E-state index contributed by atoms with van der Waals surface area (Å²) in [7, 11) is 0. The van der Waals surface area contributed by atoms with E-state index < -0.39 is 17.1 Å². The summed E-state index contributed by atoms with van der Waals surface area (Å²) in [5, 5.41) is 26.3. The molecule has 196 valence electrons. The number of aliphatic hydroxyl groups excluding tert-OH is 1. The fourth-order valence-electron chi connectivity index (χ4n) is 8.76. The van der Waals surface area contributed by atoms with Crippen molar-refractivity contribution < 1.29 is 15.0 Å². The molecule has 4 nitrogen and oxygen atoms in total. The van der Waals surface area contributed by atoms with Gasteiger partial charge in [-0.2, -0.15) is 0 Å². The van der Waals surface area contributed by atoms with Crippen LogP contribution in [0.3, 0.4) is 0 Å². The number of aliphatic hydroxyl groups is 2. The summed E-state index contributed by atoms with van der Waals surface area (Å²) in [6.07, 6.45) is 13.5. The predicted molar refractivity (Wildman–Crippen MR) is 149 cm³/mol. The quantitative estimate of drug-likeness (QED) is 0.275. The first-order valence-corrected chi connectivity index (χ1v) is 13.9. The minimum absolute atomic E-state index is 0.0391. The third-order valence-electron chi connectivity index (χ3n) is 10.5. The van der Waals surface area contributed by atoms with E-state index >= 15 is 0 Å². The molecule has 3 aliphatic rings. The molecule has 37 heavy (non-hydrogen) atoms. The molecule has 0 spiro atoms. The first kappa shape index (κ1) is 26.1. The van der Waals surface area contributed by atoms with Crippen LogP contribution in [0.2, 0.25) is 0 Å². The van der Waals surface area contributed by atoms with Crippen molar-refractivity contribution >= 4 is 17.1 Å². The third-order valence-corrected chi connectivity index (χ3v) is 10.5. The van der Waals surface area contributed by atoms with Crippen LogP contribution < -0.4 is 0 Å². The highest BCUT2D eigenvalue weighted by Gasteiger charge is 2.66. The van der Waals surface area contributed by atoms with E-state index in [1.807, 2.05) is 31.3 Å². The van der Waals surface area contributed by atoms with Crippen LogP contribution >= 0.6 is 0 Å². The van der Waals surface area contributed by atoms with E-state index in [0.29, 0.717) is 31.1 Å². The van der Waals surface area contributed by atoms with Gasteiger partial charge in [-0.1, -0.05) is 62.4 Å². The first-order valence-electron chi connectivity index (χ1n) is 13.9. The number of aromatic nitrogens is 1. The SMILES string of the molecule is C=C(CCc1nccc2ccccc12)[C@@]1(O)CCC2C3CC/C(=C/C=O)C(C)(/C=C\C)C3C(O)CC21C. The van der Waals surface area contributed by atoms with Crippen molar-refractivity contribution in [1.29, 1.82) is 0 Å². The molecule has 0 aliphatic heterocycles. The van der Waals surface area contributed by atoms with Gasteiger partial charge in [-0.15, -0.1) is 0 Å². The van der Waals surface area contributed by atoms with E-state index in [4.69, 9.17) is 0 Å². The lowest BCUT2D eigenvalue weighted by atomic mass is 9.46. The van der Waals surface area contributed by atoms with Gasteiger partial charge >= 0.3 is 0 Å². The molecule has 6 unspecified atom stereocenters. The Morgan fingerprint density at radius 3 is 2.76 bits per heavy atom. The van der Waals surface area contributed by atoms with Gasteiger partial charge in [0.15, 0.2) is 0 Å². The number of carbonyl (C=O) groups is 1. The molecule has 2 N–H and O–H groups in total. The normalized spacial score (nSPS) is 38.6. The highest BCUT2D eigenvalue weighted by Crippen LogP contribution is 2.67. The van der Waals surface area contributed by atoms with E-state index in [-0.39, 0.29) is 11.3 Å². The van der Waals surface area contributed by atoms with Gasteiger partial charge < -0.3 is 10.2 Å². The average molecular weight is 500 g/mol. The standard InChI is InChI=1S/C33H41NO3/c1-5-17-31(3)24(16-20-35)11-12-26-27-14-18-33(37,32(27,4)21-29(36)30(26)31)22(2)10-13-28-25-9-7-6-8-23(25)15-19-34-28/h5-9,15-17,19-20,26-27,29-30,36-37H,2,10-14,18,21H2,1,3-4H3/b17-5-,24-16-/t26?,27?,29?,30?,31?,32?,33-/m0/s1. The van der Waals surface area contributed by atoms with Crippen molar-refractivity contribution in [1.82, 2.24) is 4.98 Å². The van der Waals surface area contributed by atoms with E-state index in [9.17, 15) is 15.0 Å². The van der Waals surface area contributed by atoms with E-state index in [2.05, 4.69) is 49.7 Å². The number of rotatable bonds is 6. The highest BCUT2D eigenvalue weighted by molar-refractivity contribution is 5.84. The molecule has 1 heterocycles. The first-order chi connectivity index (χ1) is 17.7. The molecule has 5 rings (SSSR count). The maximum absolute atomic E-state index is 12.3. The molecule has 0 saturated heterocycles. The van der Waals surface area contributed by atoms with Crippen molar-refractivity contribution in [2.45, 2.75) is 77.4 Å². The number of carbonyl (C=O) groups excluding carboxylic acids is 1. The molecule has 7 atom stereocenters. The van der Waals surface area contributed by atoms with Crippen LogP contribution in [0.1, 0.15) is 65.0 Å². The molecule has 3 aliphatic carbocycles. The molecule has 2 aromatic rings. The lowest BCUT2D eigenvalue weighted by molar-refractivity contribution is -0.152. The zero-order valence-corrected chi connectivity index (χ0v) is 22.5. The summed E-state index contributed by atoms with van der Waals surface area (Å²) < 4.78 is 0. The zero-order valence-electron chi connectivity index (χ0n) is 22.5. The van der Waals surface area contributed by atoms with Crippen LogP contribution in [0.5, 0.6) is 0 Å². The lowest BCUT2D eigenvalue weighted by Crippen LogP contribution is -2.59. The van der Waals surface area contributed by atoms with Crippen LogP contribution in [0, 0.1) is 28.6 Å². The number of pyridine rings is 1. The zero-order chi connectivity index (χ0) is 26.4. The second kappa shape index (κ2) is 9.63. The van der Waals surface area contributed by atoms with Gasteiger partial charge in [0.25, 0.3) is 0 Å². The number of aldehydes is 1. The van der Waals surface area contributed by atoms with E-state index in [1.54, 1.807) is 6.08 Å². The van der Waals surface area contributed by atoms with Crippen LogP contribution in [-0.4, -0.2) is 33.2 Å². The largest absolute Gasteiger partial charge is 0.393 e. The Morgan fingerprint density at radius 1 is 1.22 bits per heavy atom. The molecule has 0 amide bonds. The van der Waals surface area contributed by atoms with Crippen molar-refractivity contribution in [3.8, 4) is 0 Å². The highest BCUT2D eigenvalue weighted by atomic mass is 16.3. The predicted octanol–water partition coefficient (Wildman–Crippen LogP) is 6.37. The number of fused-ring (bicyclic) bond motifs is 4. The van der Waals surface area contributed by atoms with Crippen molar-refractivity contribution in [3.63, 3.8) is 0 Å². The molecule has 0 bridgehead atoms. The van der Waals surface area contributed by atoms with Gasteiger partial charge in [-0.05, 0) is 86.8 Å². The van der Waals surface area contributed by atoms with Crippen LogP contribution in [0.4, 0.5) is 0 Å². The Labute approximate surface area is 221 Å². The summed E-state index contributed by atoms with van der Waals surface area (Å²) in [6, 6.07) is 10.3. The van der Waals surface area contributed by atoms with E-state index in [1.165, 1.54) is 5.39 Å². The Balaban J connectivity index is 1.41. The van der Waals surface area contributed by atoms with Gasteiger partial charge in [0.2, 0.25) is 0 Å². The number of aryl methyl sites for hydroxylation is 1. The summed E-state index contributed by atoms with van der Waals surface area (Å²) >= 11 is 0. The smallest absolute Gasteiger partial charge is 0.142 e. The number of allylic oxidation sites excluding steroid dienone is 4. The van der Waals surface area contributed by atoms with Gasteiger partial charge in [-0.3, -0.25) is 9.78 Å². The van der Waals surface area contributed by atoms with E-state index in [0.717, 1.165) is 54.2 Å². The van der Waals surface area contributed by atoms with Crippen molar-refractivity contribution in [2.75, 3.05) is 0 Å². The molecule has 4 heteroatoms. The Kier molecular flexibility index (Phi) is 6.79. The number of benzene rings is 1. The van der Waals surface area contributed by atoms with Gasteiger partial charge in [0.1, 0.15) is 6.29 Å². The van der Waals surface area contributed by atoms with Crippen LogP contribution in [0.25, 0.3) is 10.8 Å². The lowest BCUT2D eigenvalue weighted by Gasteiger charge is -2.59. The molecular formula is C33H41NO3. The van der Waals surface area contributed by atoms with Gasteiger partial charge in [0.05, 0.1) is 11.7 Å². The molecule has 1 aromatic carbocycles. The maximum atomic E-state index is 12.3. The maximum Gasteiger partial charge on any atom is 0.142 e. The minimum atomic E-state index is -1.01. The summed E-state index contributed by atoms with van der Waals surface area (Å²) in [5.41, 5.74) is 1.23. The molecule has 3 saturated carbocycles. The molecule has 1 aromatic heterocycles. The number of nitrogens with zero attached hydrogens (tertiary/aromatic N) is 1. The van der Waals surface area contributed by atoms with Crippen LogP contribution in [0.15, 0.2) is 72.5 Å². The molecule has 3 fully saturated rings. The third kappa shape index (κ3) is 3.95. The minimum Gasteiger partial charge on any atom is -0.393 e. The summed E-state index contributed by atoms with van der Waals surface area (Å²) in [4.78, 5) is 16.1. The summed E-state index contributed by atoms with van der Waals surface area (Å²) in [6.45, 7) is 10.8. The average Bonchev–Trinajstić information content (AvgIpc) is 3.15. The fourth-order valence-corrected chi connectivity index (χ4v) is 8.76. The number of hydrogen-bond donors (Lipinski definition) is 2. The monoisotopic (exact) mass is 499 g/mol. The van der Waals surface area contributed by atoms with Crippen molar-refractivity contribution in [2.24, 2.45) is 28.6 Å². The molecule has 0 radical (unpaired) electrons. The second-order valence-electron chi connectivity index (χ2n) is 12.1. The van der Waals surface area contributed by atoms with Gasteiger partial charge in [0, 0.05) is 34.0 Å². The van der Waals surface area contributed by atoms with Crippen LogP contribution in [-0.2, 0) is 11.2 Å². The van der Waals surface area contributed by atoms with Gasteiger partial charge in [-0.25, -0.2) is 0 Å². The Hall–Kier alpha value is -2.56. The number of hydrogen-bond acceptors (Lipinski definition) is 4. The molecular weight excluding hydrogens is 458 g/mol. The Morgan fingerprint density at radius 2 is 2.00 bits per heavy atom. The second-order valence-corrected chi connectivity index (χ2v) is 12.1. The van der Waals surface area contributed by atoms with Crippen molar-refractivity contribution in [3.05, 3.63) is 78.2 Å².